The summed E-state index contributed by atoms with van der Waals surface area (Å²) in [4.78, 5) is 36.8. The molecule has 32 heavy (non-hydrogen) atoms. The molecule has 0 saturated heterocycles. The Morgan fingerprint density at radius 2 is 1.84 bits per heavy atom. The number of hydrogen-bond donors (Lipinski definition) is 2. The number of amides is 1. The first kappa shape index (κ1) is 23.9. The van der Waals surface area contributed by atoms with Gasteiger partial charge in [-0.15, -0.1) is 0 Å². The lowest BCUT2D eigenvalue weighted by Gasteiger charge is -2.17. The van der Waals surface area contributed by atoms with E-state index in [-0.39, 0.29) is 17.4 Å². The van der Waals surface area contributed by atoms with Crippen LogP contribution in [0, 0.1) is 13.8 Å². The zero-order chi connectivity index (χ0) is 23.8. The first-order valence-electron chi connectivity index (χ1n) is 10.4. The van der Waals surface area contributed by atoms with Gasteiger partial charge in [-0.05, 0) is 49.3 Å². The minimum atomic E-state index is -1.10. The smallest absolute Gasteiger partial charge is 0.340 e. The summed E-state index contributed by atoms with van der Waals surface area (Å²) in [5, 5.41) is 13.6. The van der Waals surface area contributed by atoms with Gasteiger partial charge in [0.1, 0.15) is 17.2 Å². The molecule has 3 rings (SSSR count). The van der Waals surface area contributed by atoms with Crippen LogP contribution in [0.5, 0.6) is 0 Å². The zero-order valence-corrected chi connectivity index (χ0v) is 20.1. The number of benzene rings is 1. The normalized spacial score (nSPS) is 12.9. The number of carbonyl (C=O) groups is 2. The molecule has 0 radical (unpaired) electrons. The van der Waals surface area contributed by atoms with Crippen LogP contribution in [-0.4, -0.2) is 35.0 Å². The highest BCUT2D eigenvalue weighted by molar-refractivity contribution is 7.98. The summed E-state index contributed by atoms with van der Waals surface area (Å²) in [6, 6.07) is 0.949. The van der Waals surface area contributed by atoms with Gasteiger partial charge in [0.15, 0.2) is 0 Å². The molecule has 1 aromatic carbocycles. The molecule has 2 N–H and O–H groups in total. The largest absolute Gasteiger partial charge is 0.480 e. The first-order chi connectivity index (χ1) is 15.0. The highest BCUT2D eigenvalue weighted by Gasteiger charge is 2.25. The van der Waals surface area contributed by atoms with E-state index in [1.165, 1.54) is 11.8 Å². The van der Waals surface area contributed by atoms with Crippen molar-refractivity contribution < 1.29 is 23.5 Å². The molecule has 3 aromatic rings. The maximum Gasteiger partial charge on any atom is 0.340 e. The Bertz CT molecular complexity index is 1250. The number of carboxylic acids is 1. The van der Waals surface area contributed by atoms with Crippen molar-refractivity contribution in [3.8, 4) is 0 Å². The fourth-order valence-electron chi connectivity index (χ4n) is 3.88. The molecule has 1 amide bonds. The van der Waals surface area contributed by atoms with Crippen molar-refractivity contribution >= 4 is 45.6 Å². The summed E-state index contributed by atoms with van der Waals surface area (Å²) >= 11 is 1.50. The van der Waals surface area contributed by atoms with Gasteiger partial charge in [-0.2, -0.15) is 11.8 Å². The molecule has 0 saturated carbocycles. The van der Waals surface area contributed by atoms with Crippen molar-refractivity contribution in [2.45, 2.75) is 58.9 Å². The molecule has 1 atom stereocenters. The second kappa shape index (κ2) is 9.02. The second-order valence-corrected chi connectivity index (χ2v) is 10.0. The highest BCUT2D eigenvalue weighted by Crippen LogP contribution is 2.37. The average molecular weight is 460 g/mol. The van der Waals surface area contributed by atoms with Gasteiger partial charge in [-0.1, -0.05) is 20.8 Å². The lowest BCUT2D eigenvalue weighted by Crippen LogP contribution is -2.42. The summed E-state index contributed by atoms with van der Waals surface area (Å²) in [5.41, 5.74) is 3.01. The molecule has 172 valence electrons. The second-order valence-electron chi connectivity index (χ2n) is 9.06. The van der Waals surface area contributed by atoms with E-state index in [1.807, 2.05) is 19.2 Å². The molecule has 1 unspecified atom stereocenters. The molecular formula is C24H29NO6S. The maximum atomic E-state index is 12.7. The van der Waals surface area contributed by atoms with Crippen molar-refractivity contribution in [1.29, 1.82) is 0 Å². The Morgan fingerprint density at radius 1 is 1.16 bits per heavy atom. The van der Waals surface area contributed by atoms with Crippen LogP contribution in [-0.2, 0) is 21.4 Å². The predicted octanol–water partition coefficient (Wildman–Crippen LogP) is 4.32. The number of carboxylic acid groups (broad SMARTS) is 1. The van der Waals surface area contributed by atoms with Crippen LogP contribution in [0.3, 0.4) is 0 Å². The van der Waals surface area contributed by atoms with E-state index in [4.69, 9.17) is 8.83 Å². The van der Waals surface area contributed by atoms with Gasteiger partial charge in [0.05, 0.1) is 18.2 Å². The predicted molar refractivity (Wildman–Crippen MR) is 127 cm³/mol. The Kier molecular flexibility index (Phi) is 6.74. The molecule has 0 bridgehead atoms. The van der Waals surface area contributed by atoms with E-state index in [1.54, 1.807) is 13.2 Å². The SMILES string of the molecule is CSCCC(NC(=O)Cc1c(C)c2cc3c(C(C)(C)C)coc3c(C)c2oc1=O)C(=O)O. The number of aliphatic carboxylic acids is 1. The van der Waals surface area contributed by atoms with Crippen LogP contribution in [0.1, 0.15) is 49.4 Å². The number of carbonyl (C=O) groups excluding carboxylic acids is 1. The summed E-state index contributed by atoms with van der Waals surface area (Å²) in [6.07, 6.45) is 3.66. The minimum absolute atomic E-state index is 0.139. The molecule has 7 nitrogen and oxygen atoms in total. The van der Waals surface area contributed by atoms with E-state index in [0.29, 0.717) is 28.9 Å². The Hall–Kier alpha value is -2.74. The van der Waals surface area contributed by atoms with Gasteiger partial charge < -0.3 is 19.3 Å². The Morgan fingerprint density at radius 3 is 2.44 bits per heavy atom. The summed E-state index contributed by atoms with van der Waals surface area (Å²) in [7, 11) is 0. The number of hydrogen-bond acceptors (Lipinski definition) is 6. The van der Waals surface area contributed by atoms with Gasteiger partial charge in [0.2, 0.25) is 5.91 Å². The van der Waals surface area contributed by atoms with Crippen LogP contribution < -0.4 is 10.9 Å². The summed E-state index contributed by atoms with van der Waals surface area (Å²) in [5.74, 6) is -1.02. The van der Waals surface area contributed by atoms with Crippen LogP contribution in [0.15, 0.2) is 26.0 Å². The van der Waals surface area contributed by atoms with Crippen molar-refractivity contribution in [3.05, 3.63) is 45.0 Å². The van der Waals surface area contributed by atoms with E-state index < -0.39 is 23.5 Å². The lowest BCUT2D eigenvalue weighted by molar-refractivity contribution is -0.141. The fraction of sp³-hybridized carbons (Fsp3) is 0.458. The van der Waals surface area contributed by atoms with Crippen molar-refractivity contribution in [2.75, 3.05) is 12.0 Å². The van der Waals surface area contributed by atoms with E-state index in [0.717, 1.165) is 21.9 Å². The number of fused-ring (bicyclic) bond motifs is 2. The lowest BCUT2D eigenvalue weighted by atomic mass is 9.86. The molecule has 2 aromatic heterocycles. The molecular weight excluding hydrogens is 430 g/mol. The summed E-state index contributed by atoms with van der Waals surface area (Å²) < 4.78 is 11.4. The van der Waals surface area contributed by atoms with Crippen molar-refractivity contribution in [1.82, 2.24) is 5.32 Å². The van der Waals surface area contributed by atoms with Crippen molar-refractivity contribution in [3.63, 3.8) is 0 Å². The van der Waals surface area contributed by atoms with Crippen LogP contribution in [0.25, 0.3) is 21.9 Å². The number of aryl methyl sites for hydroxylation is 2. The fourth-order valence-corrected chi connectivity index (χ4v) is 4.35. The number of furan rings is 1. The van der Waals surface area contributed by atoms with Gasteiger partial charge >= 0.3 is 11.6 Å². The maximum absolute atomic E-state index is 12.7. The zero-order valence-electron chi connectivity index (χ0n) is 19.3. The number of thioether (sulfide) groups is 1. The van der Waals surface area contributed by atoms with E-state index in [9.17, 15) is 19.5 Å². The van der Waals surface area contributed by atoms with E-state index >= 15 is 0 Å². The molecule has 8 heteroatoms. The quantitative estimate of drug-likeness (QED) is 0.506. The first-order valence-corrected chi connectivity index (χ1v) is 11.8. The number of nitrogens with one attached hydrogen (secondary N) is 1. The number of rotatable bonds is 7. The Labute approximate surface area is 190 Å². The summed E-state index contributed by atoms with van der Waals surface area (Å²) in [6.45, 7) is 9.92. The average Bonchev–Trinajstić information content (AvgIpc) is 3.14. The monoisotopic (exact) mass is 459 g/mol. The standard InChI is InChI=1S/C24H29NO6S/c1-12-14-9-16-17(24(3,4)5)11-30-20(16)13(2)21(14)31-23(29)15(12)10-19(26)25-18(22(27)28)7-8-32-6/h9,11,18H,7-8,10H2,1-6H3,(H,25,26)(H,27,28). The molecule has 0 fully saturated rings. The van der Waals surface area contributed by atoms with Crippen LogP contribution >= 0.6 is 11.8 Å². The third kappa shape index (κ3) is 4.55. The third-order valence-electron chi connectivity index (χ3n) is 5.73. The molecule has 0 aliphatic carbocycles. The van der Waals surface area contributed by atoms with Gasteiger partial charge in [-0.3, -0.25) is 4.79 Å². The van der Waals surface area contributed by atoms with E-state index in [2.05, 4.69) is 26.1 Å². The van der Waals surface area contributed by atoms with Gasteiger partial charge in [0, 0.05) is 21.9 Å². The van der Waals surface area contributed by atoms with Gasteiger partial charge in [0.25, 0.3) is 0 Å². The Balaban J connectivity index is 2.05. The third-order valence-corrected chi connectivity index (χ3v) is 6.38. The topological polar surface area (TPSA) is 110 Å². The minimum Gasteiger partial charge on any atom is -0.480 e. The van der Waals surface area contributed by atoms with Gasteiger partial charge in [-0.25, -0.2) is 9.59 Å². The highest BCUT2D eigenvalue weighted by atomic mass is 32.2. The molecule has 0 spiro atoms. The molecule has 0 aliphatic heterocycles. The van der Waals surface area contributed by atoms with Crippen LogP contribution in [0.2, 0.25) is 0 Å². The van der Waals surface area contributed by atoms with Crippen LogP contribution in [0.4, 0.5) is 0 Å². The molecule has 2 heterocycles. The molecule has 0 aliphatic rings. The van der Waals surface area contributed by atoms with Crippen molar-refractivity contribution in [2.24, 2.45) is 0 Å².